The third-order valence-corrected chi connectivity index (χ3v) is 3.31. The lowest BCUT2D eigenvalue weighted by Crippen LogP contribution is -2.14. The van der Waals surface area contributed by atoms with Crippen molar-refractivity contribution in [3.8, 4) is 11.5 Å². The fourth-order valence-corrected chi connectivity index (χ4v) is 2.21. The van der Waals surface area contributed by atoms with Crippen molar-refractivity contribution in [3.63, 3.8) is 0 Å². The number of carbonyl (C=O) groups excluding carboxylic acids is 2. The maximum atomic E-state index is 12.3. The van der Waals surface area contributed by atoms with Crippen LogP contribution in [0.3, 0.4) is 0 Å². The number of fused-ring (bicyclic) bond motifs is 1. The van der Waals surface area contributed by atoms with Gasteiger partial charge in [-0.15, -0.1) is 0 Å². The van der Waals surface area contributed by atoms with Gasteiger partial charge in [0.25, 0.3) is 0 Å². The second-order valence-electron chi connectivity index (χ2n) is 4.97. The first kappa shape index (κ1) is 15.7. The Morgan fingerprint density at radius 1 is 1.25 bits per heavy atom. The van der Waals surface area contributed by atoms with Gasteiger partial charge in [-0.3, -0.25) is 9.78 Å². The van der Waals surface area contributed by atoms with Crippen LogP contribution in [0, 0.1) is 0 Å². The molecule has 0 N–H and O–H groups in total. The number of hydrogen-bond acceptors (Lipinski definition) is 6. The fraction of sp³-hybridized carbons (Fsp3) is 0.167. The summed E-state index contributed by atoms with van der Waals surface area (Å²) in [7, 11) is 0. The van der Waals surface area contributed by atoms with Crippen LogP contribution in [-0.4, -0.2) is 30.0 Å². The molecule has 6 heteroatoms. The Bertz CT molecular complexity index is 798. The van der Waals surface area contributed by atoms with Gasteiger partial charge >= 0.3 is 5.97 Å². The smallest absolute Gasteiger partial charge is 0.344 e. The van der Waals surface area contributed by atoms with E-state index in [1.165, 1.54) is 0 Å². The molecule has 6 nitrogen and oxygen atoms in total. The van der Waals surface area contributed by atoms with Crippen molar-refractivity contribution in [3.05, 3.63) is 59.6 Å². The molecule has 0 unspecified atom stereocenters. The number of Topliss-reactive ketones (excluding diaryl/α,β-unsaturated/α-hetero) is 1. The number of carbonyl (C=O) groups is 2. The molecule has 1 aliphatic heterocycles. The summed E-state index contributed by atoms with van der Waals surface area (Å²) >= 11 is 0. The highest BCUT2D eigenvalue weighted by atomic mass is 16.6. The van der Waals surface area contributed by atoms with Crippen LogP contribution in [0.4, 0.5) is 0 Å². The number of rotatable bonds is 5. The van der Waals surface area contributed by atoms with Crippen LogP contribution >= 0.6 is 0 Å². The van der Waals surface area contributed by atoms with E-state index in [0.717, 1.165) is 5.56 Å². The zero-order valence-corrected chi connectivity index (χ0v) is 13.0. The molecule has 1 aromatic carbocycles. The first-order valence-corrected chi connectivity index (χ1v) is 7.44. The van der Waals surface area contributed by atoms with Crippen molar-refractivity contribution in [1.82, 2.24) is 4.98 Å². The Morgan fingerprint density at radius 3 is 2.79 bits per heavy atom. The average molecular weight is 325 g/mol. The van der Waals surface area contributed by atoms with Crippen molar-refractivity contribution in [2.24, 2.45) is 0 Å². The number of ether oxygens (including phenoxy) is 3. The number of aromatic nitrogens is 1. The fourth-order valence-electron chi connectivity index (χ4n) is 2.21. The van der Waals surface area contributed by atoms with Gasteiger partial charge in [-0.2, -0.15) is 0 Å². The van der Waals surface area contributed by atoms with Gasteiger partial charge in [0, 0.05) is 18.5 Å². The Labute approximate surface area is 138 Å². The SMILES string of the molecule is CCOC(=O)COc1ccc2c(c1)OC(=Cc1ccncc1)C2=O. The molecule has 0 aliphatic carbocycles. The van der Waals surface area contributed by atoms with Gasteiger partial charge in [-0.05, 0) is 42.8 Å². The summed E-state index contributed by atoms with van der Waals surface area (Å²) in [6.45, 7) is 1.83. The van der Waals surface area contributed by atoms with E-state index in [9.17, 15) is 9.59 Å². The zero-order chi connectivity index (χ0) is 16.9. The standard InChI is InChI=1S/C18H15NO5/c1-2-22-17(20)11-23-13-3-4-14-15(10-13)24-16(18(14)21)9-12-5-7-19-8-6-12/h3-10H,2,11H2,1H3. The summed E-state index contributed by atoms with van der Waals surface area (Å²) in [5.41, 5.74) is 1.28. The molecule has 0 spiro atoms. The second-order valence-corrected chi connectivity index (χ2v) is 4.97. The van der Waals surface area contributed by atoms with Crippen LogP contribution in [0.5, 0.6) is 11.5 Å². The van der Waals surface area contributed by atoms with Crippen LogP contribution in [0.1, 0.15) is 22.8 Å². The third-order valence-electron chi connectivity index (χ3n) is 3.31. The molecular formula is C18H15NO5. The monoisotopic (exact) mass is 325 g/mol. The highest BCUT2D eigenvalue weighted by Gasteiger charge is 2.27. The molecule has 0 saturated heterocycles. The van der Waals surface area contributed by atoms with Crippen molar-refractivity contribution in [2.45, 2.75) is 6.92 Å². The van der Waals surface area contributed by atoms with E-state index in [4.69, 9.17) is 14.2 Å². The van der Waals surface area contributed by atoms with Gasteiger partial charge in [0.1, 0.15) is 11.5 Å². The Kier molecular flexibility index (Phi) is 4.56. The Morgan fingerprint density at radius 2 is 2.04 bits per heavy atom. The van der Waals surface area contributed by atoms with Crippen LogP contribution in [0.15, 0.2) is 48.5 Å². The van der Waals surface area contributed by atoms with Crippen molar-refractivity contribution >= 4 is 17.8 Å². The Hall–Kier alpha value is -3.15. The summed E-state index contributed by atoms with van der Waals surface area (Å²) in [6, 6.07) is 8.38. The summed E-state index contributed by atoms with van der Waals surface area (Å²) in [6.07, 6.45) is 4.93. The van der Waals surface area contributed by atoms with Gasteiger partial charge in [0.15, 0.2) is 12.4 Å². The number of hydrogen-bond donors (Lipinski definition) is 0. The number of benzene rings is 1. The van der Waals surface area contributed by atoms with E-state index in [1.54, 1.807) is 55.7 Å². The zero-order valence-electron chi connectivity index (χ0n) is 13.0. The number of nitrogens with zero attached hydrogens (tertiary/aromatic N) is 1. The van der Waals surface area contributed by atoms with E-state index in [0.29, 0.717) is 23.7 Å². The van der Waals surface area contributed by atoms with Gasteiger partial charge in [0.2, 0.25) is 5.78 Å². The topological polar surface area (TPSA) is 74.7 Å². The highest BCUT2D eigenvalue weighted by molar-refractivity contribution is 6.14. The molecule has 0 atom stereocenters. The molecule has 2 aromatic rings. The minimum absolute atomic E-state index is 0.194. The minimum Gasteiger partial charge on any atom is -0.482 e. The summed E-state index contributed by atoms with van der Waals surface area (Å²) in [5, 5.41) is 0. The van der Waals surface area contributed by atoms with Crippen LogP contribution in [0.25, 0.3) is 6.08 Å². The third kappa shape index (κ3) is 3.43. The molecule has 0 amide bonds. The predicted molar refractivity (Wildman–Crippen MR) is 85.7 cm³/mol. The molecule has 122 valence electrons. The van der Waals surface area contributed by atoms with Crippen molar-refractivity contribution in [2.75, 3.05) is 13.2 Å². The lowest BCUT2D eigenvalue weighted by molar-refractivity contribution is -0.145. The largest absolute Gasteiger partial charge is 0.482 e. The summed E-state index contributed by atoms with van der Waals surface area (Å²) in [4.78, 5) is 27.6. The highest BCUT2D eigenvalue weighted by Crippen LogP contribution is 2.34. The lowest BCUT2D eigenvalue weighted by Gasteiger charge is -2.06. The van der Waals surface area contributed by atoms with E-state index < -0.39 is 5.97 Å². The van der Waals surface area contributed by atoms with E-state index >= 15 is 0 Å². The average Bonchev–Trinajstić information content (AvgIpc) is 2.90. The number of ketones is 1. The quantitative estimate of drug-likeness (QED) is 0.621. The molecule has 1 aliphatic rings. The molecule has 1 aromatic heterocycles. The van der Waals surface area contributed by atoms with E-state index in [2.05, 4.69) is 4.98 Å². The first-order chi connectivity index (χ1) is 11.7. The molecular weight excluding hydrogens is 310 g/mol. The molecule has 0 bridgehead atoms. The van der Waals surface area contributed by atoms with Crippen molar-refractivity contribution < 1.29 is 23.8 Å². The maximum absolute atomic E-state index is 12.3. The van der Waals surface area contributed by atoms with Crippen LogP contribution in [-0.2, 0) is 9.53 Å². The Balaban J connectivity index is 1.74. The second kappa shape index (κ2) is 6.95. The molecule has 0 fully saturated rings. The first-order valence-electron chi connectivity index (χ1n) is 7.44. The summed E-state index contributed by atoms with van der Waals surface area (Å²) < 4.78 is 15.7. The normalized spacial score (nSPS) is 14.2. The van der Waals surface area contributed by atoms with Gasteiger partial charge in [0.05, 0.1) is 12.2 Å². The van der Waals surface area contributed by atoms with Gasteiger partial charge in [-0.25, -0.2) is 4.79 Å². The van der Waals surface area contributed by atoms with Crippen LogP contribution < -0.4 is 9.47 Å². The van der Waals surface area contributed by atoms with Gasteiger partial charge < -0.3 is 14.2 Å². The molecule has 0 radical (unpaired) electrons. The van der Waals surface area contributed by atoms with Gasteiger partial charge in [-0.1, -0.05) is 0 Å². The maximum Gasteiger partial charge on any atom is 0.344 e. The lowest BCUT2D eigenvalue weighted by atomic mass is 10.1. The number of esters is 1. The molecule has 0 saturated carbocycles. The van der Waals surface area contributed by atoms with E-state index in [-0.39, 0.29) is 18.1 Å². The summed E-state index contributed by atoms with van der Waals surface area (Å²) in [5.74, 6) is 0.423. The molecule has 24 heavy (non-hydrogen) atoms. The number of pyridine rings is 1. The van der Waals surface area contributed by atoms with E-state index in [1.807, 2.05) is 0 Å². The molecule has 2 heterocycles. The number of allylic oxidation sites excluding steroid dienone is 1. The minimum atomic E-state index is -0.451. The molecule has 3 rings (SSSR count). The van der Waals surface area contributed by atoms with Crippen LogP contribution in [0.2, 0.25) is 0 Å². The van der Waals surface area contributed by atoms with Crippen molar-refractivity contribution in [1.29, 1.82) is 0 Å². The predicted octanol–water partition coefficient (Wildman–Crippen LogP) is 2.64.